The van der Waals surface area contributed by atoms with Crippen LogP contribution in [-0.4, -0.2) is 36.5 Å². The van der Waals surface area contributed by atoms with Crippen molar-refractivity contribution < 1.29 is 14.7 Å². The fourth-order valence-electron chi connectivity index (χ4n) is 2.26. The molecule has 0 fully saturated rings. The number of anilines is 1. The van der Waals surface area contributed by atoms with Gasteiger partial charge in [-0.3, -0.25) is 19.0 Å². The summed E-state index contributed by atoms with van der Waals surface area (Å²) in [5.74, 6) is -1.44. The van der Waals surface area contributed by atoms with Gasteiger partial charge in [0.1, 0.15) is 6.54 Å². The Morgan fingerprint density at radius 2 is 2.08 bits per heavy atom. The molecule has 0 unspecified atom stereocenters. The van der Waals surface area contributed by atoms with Gasteiger partial charge in [0.15, 0.2) is 5.69 Å². The molecule has 8 nitrogen and oxygen atoms in total. The summed E-state index contributed by atoms with van der Waals surface area (Å²) in [6.07, 6.45) is 4.71. The third-order valence-electron chi connectivity index (χ3n) is 3.30. The number of rotatable bonds is 6. The van der Waals surface area contributed by atoms with Crippen LogP contribution in [-0.2, 0) is 17.9 Å². The standard InChI is InChI=1S/C16H14ClN5O3/c17-12-7-18-22(9-12)8-11-2-1-3-13(6-11)19-16(25)14-4-5-21(20-14)10-15(23)24/h1-7,9H,8,10H2,(H,19,25)(H,23,24). The first-order valence-corrected chi connectivity index (χ1v) is 7.71. The number of carbonyl (C=O) groups excluding carboxylic acids is 1. The molecule has 0 saturated heterocycles. The van der Waals surface area contributed by atoms with Crippen LogP contribution in [0.15, 0.2) is 48.9 Å². The highest BCUT2D eigenvalue weighted by Crippen LogP contribution is 2.14. The molecule has 0 aliphatic carbocycles. The average Bonchev–Trinajstić information content (AvgIpc) is 3.16. The van der Waals surface area contributed by atoms with E-state index in [1.54, 1.807) is 23.1 Å². The highest BCUT2D eigenvalue weighted by molar-refractivity contribution is 6.30. The summed E-state index contributed by atoms with van der Waals surface area (Å²) in [5, 5.41) is 20.1. The highest BCUT2D eigenvalue weighted by Gasteiger charge is 2.11. The van der Waals surface area contributed by atoms with Gasteiger partial charge in [0.05, 0.1) is 17.8 Å². The van der Waals surface area contributed by atoms with E-state index in [1.165, 1.54) is 16.9 Å². The summed E-state index contributed by atoms with van der Waals surface area (Å²) in [4.78, 5) is 22.9. The first kappa shape index (κ1) is 16.7. The molecule has 0 radical (unpaired) electrons. The Morgan fingerprint density at radius 3 is 2.80 bits per heavy atom. The molecule has 2 heterocycles. The van der Waals surface area contributed by atoms with Crippen LogP contribution in [0.3, 0.4) is 0 Å². The van der Waals surface area contributed by atoms with Crippen LogP contribution in [0.5, 0.6) is 0 Å². The minimum absolute atomic E-state index is 0.144. The van der Waals surface area contributed by atoms with E-state index in [4.69, 9.17) is 16.7 Å². The summed E-state index contributed by atoms with van der Waals surface area (Å²) in [6.45, 7) is 0.221. The van der Waals surface area contributed by atoms with Crippen molar-refractivity contribution in [1.29, 1.82) is 0 Å². The van der Waals surface area contributed by atoms with Crippen molar-refractivity contribution in [1.82, 2.24) is 19.6 Å². The highest BCUT2D eigenvalue weighted by atomic mass is 35.5. The van der Waals surface area contributed by atoms with E-state index in [0.29, 0.717) is 17.3 Å². The lowest BCUT2D eigenvalue weighted by atomic mass is 10.2. The molecular formula is C16H14ClN5O3. The Morgan fingerprint density at radius 1 is 1.24 bits per heavy atom. The summed E-state index contributed by atoms with van der Waals surface area (Å²) < 4.78 is 2.88. The van der Waals surface area contributed by atoms with Crippen molar-refractivity contribution in [2.24, 2.45) is 0 Å². The second-order valence-corrected chi connectivity index (χ2v) is 5.74. The molecule has 1 amide bonds. The maximum atomic E-state index is 12.2. The van der Waals surface area contributed by atoms with Crippen LogP contribution in [0.4, 0.5) is 5.69 Å². The lowest BCUT2D eigenvalue weighted by Crippen LogP contribution is -2.15. The van der Waals surface area contributed by atoms with Crippen LogP contribution >= 0.6 is 11.6 Å². The van der Waals surface area contributed by atoms with E-state index in [9.17, 15) is 9.59 Å². The summed E-state index contributed by atoms with van der Waals surface area (Å²) >= 11 is 5.84. The summed E-state index contributed by atoms with van der Waals surface area (Å²) in [6, 6.07) is 8.77. The molecule has 2 N–H and O–H groups in total. The van der Waals surface area contributed by atoms with Crippen LogP contribution < -0.4 is 5.32 Å². The topological polar surface area (TPSA) is 102 Å². The van der Waals surface area contributed by atoms with Gasteiger partial charge >= 0.3 is 5.97 Å². The summed E-state index contributed by atoms with van der Waals surface area (Å²) in [5.41, 5.74) is 1.69. The second kappa shape index (κ2) is 7.18. The average molecular weight is 360 g/mol. The monoisotopic (exact) mass is 359 g/mol. The van der Waals surface area contributed by atoms with Gasteiger partial charge in [-0.15, -0.1) is 0 Å². The SMILES string of the molecule is O=C(O)Cn1ccc(C(=O)Nc2cccc(Cn3cc(Cl)cn3)c2)n1. The molecule has 3 rings (SSSR count). The molecule has 9 heteroatoms. The van der Waals surface area contributed by atoms with Crippen molar-refractivity contribution >= 4 is 29.2 Å². The van der Waals surface area contributed by atoms with Crippen LogP contribution in [0.25, 0.3) is 0 Å². The number of halogens is 1. The fourth-order valence-corrected chi connectivity index (χ4v) is 2.42. The van der Waals surface area contributed by atoms with Gasteiger partial charge in [-0.1, -0.05) is 23.7 Å². The molecule has 2 aromatic heterocycles. The number of benzene rings is 1. The molecule has 0 aliphatic heterocycles. The van der Waals surface area contributed by atoms with E-state index in [2.05, 4.69) is 15.5 Å². The number of hydrogen-bond acceptors (Lipinski definition) is 4. The minimum Gasteiger partial charge on any atom is -0.480 e. The van der Waals surface area contributed by atoms with Crippen molar-refractivity contribution in [3.05, 3.63) is 65.2 Å². The Bertz CT molecular complexity index is 918. The zero-order valence-electron chi connectivity index (χ0n) is 13.0. The van der Waals surface area contributed by atoms with E-state index in [1.807, 2.05) is 18.2 Å². The Balaban J connectivity index is 1.68. The fraction of sp³-hybridized carbons (Fsp3) is 0.125. The summed E-state index contributed by atoms with van der Waals surface area (Å²) in [7, 11) is 0. The molecule has 0 aliphatic rings. The molecule has 25 heavy (non-hydrogen) atoms. The molecule has 0 atom stereocenters. The predicted octanol–water partition coefficient (Wildman–Crippen LogP) is 2.12. The van der Waals surface area contributed by atoms with Gasteiger partial charge in [0.2, 0.25) is 0 Å². The minimum atomic E-state index is -1.03. The second-order valence-electron chi connectivity index (χ2n) is 5.30. The van der Waals surface area contributed by atoms with Gasteiger partial charge in [-0.25, -0.2) is 0 Å². The lowest BCUT2D eigenvalue weighted by molar-refractivity contribution is -0.137. The van der Waals surface area contributed by atoms with Gasteiger partial charge in [0.25, 0.3) is 5.91 Å². The molecule has 0 spiro atoms. The first-order chi connectivity index (χ1) is 12.0. The normalized spacial score (nSPS) is 10.6. The van der Waals surface area contributed by atoms with E-state index >= 15 is 0 Å². The quantitative estimate of drug-likeness (QED) is 0.701. The maximum absolute atomic E-state index is 12.2. The van der Waals surface area contributed by atoms with Crippen molar-refractivity contribution in [2.75, 3.05) is 5.32 Å². The molecule has 3 aromatic rings. The smallest absolute Gasteiger partial charge is 0.325 e. The maximum Gasteiger partial charge on any atom is 0.325 e. The van der Waals surface area contributed by atoms with Crippen molar-refractivity contribution in [3.63, 3.8) is 0 Å². The van der Waals surface area contributed by atoms with Crippen molar-refractivity contribution in [2.45, 2.75) is 13.1 Å². The van der Waals surface area contributed by atoms with E-state index in [-0.39, 0.29) is 12.2 Å². The number of nitrogens with zero attached hydrogens (tertiary/aromatic N) is 4. The Hall–Kier alpha value is -3.13. The Kier molecular flexibility index (Phi) is 4.80. The van der Waals surface area contributed by atoms with Gasteiger partial charge in [-0.05, 0) is 23.8 Å². The van der Waals surface area contributed by atoms with E-state index < -0.39 is 11.9 Å². The zero-order valence-corrected chi connectivity index (χ0v) is 13.7. The molecule has 0 bridgehead atoms. The number of nitrogens with one attached hydrogen (secondary N) is 1. The van der Waals surface area contributed by atoms with Gasteiger partial charge < -0.3 is 10.4 Å². The number of aromatic nitrogens is 4. The van der Waals surface area contributed by atoms with Gasteiger partial charge in [0, 0.05) is 18.1 Å². The molecular weight excluding hydrogens is 346 g/mol. The third-order valence-corrected chi connectivity index (χ3v) is 3.50. The molecule has 0 saturated carbocycles. The number of aliphatic carboxylic acids is 1. The van der Waals surface area contributed by atoms with Crippen LogP contribution in [0.2, 0.25) is 5.02 Å². The van der Waals surface area contributed by atoms with Crippen LogP contribution in [0, 0.1) is 0 Å². The number of carbonyl (C=O) groups is 2. The predicted molar refractivity (Wildman–Crippen MR) is 90.6 cm³/mol. The number of carboxylic acid groups (broad SMARTS) is 1. The molecule has 128 valence electrons. The number of carboxylic acids is 1. The zero-order chi connectivity index (χ0) is 17.8. The lowest BCUT2D eigenvalue weighted by Gasteiger charge is -2.07. The van der Waals surface area contributed by atoms with Crippen molar-refractivity contribution in [3.8, 4) is 0 Å². The van der Waals surface area contributed by atoms with E-state index in [0.717, 1.165) is 5.56 Å². The first-order valence-electron chi connectivity index (χ1n) is 7.33. The van der Waals surface area contributed by atoms with Gasteiger partial charge in [-0.2, -0.15) is 10.2 Å². The largest absolute Gasteiger partial charge is 0.480 e. The molecule has 1 aromatic carbocycles. The Labute approximate surface area is 147 Å². The van der Waals surface area contributed by atoms with Crippen LogP contribution in [0.1, 0.15) is 16.1 Å². The number of hydrogen-bond donors (Lipinski definition) is 2. The number of amides is 1. The third kappa shape index (κ3) is 4.45.